The van der Waals surface area contributed by atoms with E-state index in [1.165, 1.54) is 0 Å². The van der Waals surface area contributed by atoms with Gasteiger partial charge in [0.2, 0.25) is 0 Å². The molecule has 0 aliphatic carbocycles. The van der Waals surface area contributed by atoms with Gasteiger partial charge >= 0.3 is 0 Å². The van der Waals surface area contributed by atoms with Crippen LogP contribution in [-0.4, -0.2) is 17.0 Å². The van der Waals surface area contributed by atoms with Crippen LogP contribution >= 0.6 is 22.6 Å². The van der Waals surface area contributed by atoms with E-state index in [0.29, 0.717) is 3.72 Å². The molecule has 40 valence electrons. The standard InChI is InChI=1S/C3H6IN3/c1-6-2-3(4)7-5/h2H,5H2,1H3. The number of halogens is 1. The first-order chi connectivity index (χ1) is 3.31. The van der Waals surface area contributed by atoms with Crippen LogP contribution in [0.2, 0.25) is 0 Å². The van der Waals surface area contributed by atoms with Crippen LogP contribution in [0.3, 0.4) is 0 Å². The smallest absolute Gasteiger partial charge is 0.138 e. The molecule has 0 aliphatic rings. The fourth-order valence-electron chi connectivity index (χ4n) is 0.140. The average Bonchev–Trinajstić information content (AvgIpc) is 1.68. The summed E-state index contributed by atoms with van der Waals surface area (Å²) in [6, 6.07) is 0. The molecule has 0 unspecified atom stereocenters. The molecule has 0 rings (SSSR count). The van der Waals surface area contributed by atoms with E-state index in [2.05, 4.69) is 10.1 Å². The van der Waals surface area contributed by atoms with Crippen molar-refractivity contribution in [3.63, 3.8) is 0 Å². The maximum absolute atomic E-state index is 4.85. The molecule has 2 N–H and O–H groups in total. The summed E-state index contributed by atoms with van der Waals surface area (Å²) < 4.78 is 0.708. The van der Waals surface area contributed by atoms with E-state index >= 15 is 0 Å². The molecule has 0 heterocycles. The average molecular weight is 211 g/mol. The second-order valence-corrected chi connectivity index (χ2v) is 1.94. The molecule has 4 heteroatoms. The number of hydrazone groups is 1. The van der Waals surface area contributed by atoms with Gasteiger partial charge in [-0.15, -0.1) is 0 Å². The quantitative estimate of drug-likeness (QED) is 0.290. The molecule has 0 radical (unpaired) electrons. The van der Waals surface area contributed by atoms with Crippen molar-refractivity contribution in [1.29, 1.82) is 0 Å². The van der Waals surface area contributed by atoms with Crippen LogP contribution < -0.4 is 5.84 Å². The number of nitrogens with zero attached hydrogens (tertiary/aromatic N) is 2. The topological polar surface area (TPSA) is 50.7 Å². The van der Waals surface area contributed by atoms with Crippen LogP contribution in [0, 0.1) is 0 Å². The van der Waals surface area contributed by atoms with Gasteiger partial charge in [-0.2, -0.15) is 5.10 Å². The first-order valence-electron chi connectivity index (χ1n) is 1.66. The molecular formula is C3H6IN3. The van der Waals surface area contributed by atoms with Gasteiger partial charge in [0, 0.05) is 7.05 Å². The summed E-state index contributed by atoms with van der Waals surface area (Å²) in [6.45, 7) is 0. The lowest BCUT2D eigenvalue weighted by Crippen LogP contribution is -1.91. The van der Waals surface area contributed by atoms with Crippen molar-refractivity contribution in [3.05, 3.63) is 0 Å². The van der Waals surface area contributed by atoms with Crippen LogP contribution in [0.5, 0.6) is 0 Å². The second kappa shape index (κ2) is 4.04. The van der Waals surface area contributed by atoms with Gasteiger partial charge in [0.15, 0.2) is 0 Å². The molecule has 3 nitrogen and oxygen atoms in total. The SMILES string of the molecule is CN=CC(I)=NN. The molecule has 0 aromatic rings. The Morgan fingerprint density at radius 3 is 2.57 bits per heavy atom. The van der Waals surface area contributed by atoms with Crippen LogP contribution in [0.25, 0.3) is 0 Å². The molecule has 0 bridgehead atoms. The highest BCUT2D eigenvalue weighted by atomic mass is 127. The predicted molar refractivity (Wildman–Crippen MR) is 40.1 cm³/mol. The molecular weight excluding hydrogens is 205 g/mol. The zero-order valence-corrected chi connectivity index (χ0v) is 6.08. The molecule has 0 amide bonds. The van der Waals surface area contributed by atoms with Gasteiger partial charge in [-0.3, -0.25) is 4.99 Å². The summed E-state index contributed by atoms with van der Waals surface area (Å²) in [6.07, 6.45) is 1.58. The number of hydrogen-bond donors (Lipinski definition) is 1. The molecule has 7 heavy (non-hydrogen) atoms. The highest BCUT2D eigenvalue weighted by Gasteiger charge is 1.77. The maximum atomic E-state index is 4.85. The summed E-state index contributed by atoms with van der Waals surface area (Å²) in [5.74, 6) is 4.85. The summed E-state index contributed by atoms with van der Waals surface area (Å²) in [5, 5.41) is 3.33. The maximum Gasteiger partial charge on any atom is 0.138 e. The van der Waals surface area contributed by atoms with E-state index in [4.69, 9.17) is 5.84 Å². The van der Waals surface area contributed by atoms with Crippen molar-refractivity contribution in [2.75, 3.05) is 7.05 Å². The molecule has 0 aromatic heterocycles. The van der Waals surface area contributed by atoms with E-state index in [1.807, 2.05) is 22.6 Å². The van der Waals surface area contributed by atoms with Crippen molar-refractivity contribution >= 4 is 32.5 Å². The third-order valence-corrected chi connectivity index (χ3v) is 0.916. The van der Waals surface area contributed by atoms with E-state index in [-0.39, 0.29) is 0 Å². The van der Waals surface area contributed by atoms with E-state index in [9.17, 15) is 0 Å². The van der Waals surface area contributed by atoms with Gasteiger partial charge in [-0.1, -0.05) is 0 Å². The first kappa shape index (κ1) is 6.87. The van der Waals surface area contributed by atoms with Crippen LogP contribution in [0.4, 0.5) is 0 Å². The molecule has 0 fully saturated rings. The number of aliphatic imine (C=N–C) groups is 1. The van der Waals surface area contributed by atoms with Crippen LogP contribution in [0.15, 0.2) is 10.1 Å². The summed E-state index contributed by atoms with van der Waals surface area (Å²) in [7, 11) is 1.67. The van der Waals surface area contributed by atoms with Gasteiger partial charge in [-0.25, -0.2) is 0 Å². The van der Waals surface area contributed by atoms with E-state index in [0.717, 1.165) is 0 Å². The highest BCUT2D eigenvalue weighted by Crippen LogP contribution is 1.81. The number of hydrogen-bond acceptors (Lipinski definition) is 3. The Morgan fingerprint density at radius 2 is 2.43 bits per heavy atom. The van der Waals surface area contributed by atoms with Crippen LogP contribution in [-0.2, 0) is 0 Å². The van der Waals surface area contributed by atoms with Crippen molar-refractivity contribution < 1.29 is 0 Å². The van der Waals surface area contributed by atoms with Crippen molar-refractivity contribution in [1.82, 2.24) is 0 Å². The van der Waals surface area contributed by atoms with Gasteiger partial charge < -0.3 is 5.84 Å². The molecule has 0 aromatic carbocycles. The normalized spacial score (nSPS) is 13.1. The lowest BCUT2D eigenvalue weighted by Gasteiger charge is -1.77. The van der Waals surface area contributed by atoms with Crippen molar-refractivity contribution in [2.45, 2.75) is 0 Å². The zero-order valence-electron chi connectivity index (χ0n) is 3.93. The monoisotopic (exact) mass is 211 g/mol. The Labute approximate surface area is 55.8 Å². The Hall–Kier alpha value is -0.130. The Bertz CT molecular complexity index is 96.4. The second-order valence-electron chi connectivity index (χ2n) is 0.839. The van der Waals surface area contributed by atoms with E-state index in [1.54, 1.807) is 13.3 Å². The van der Waals surface area contributed by atoms with Crippen molar-refractivity contribution in [3.8, 4) is 0 Å². The lowest BCUT2D eigenvalue weighted by molar-refractivity contribution is 1.27. The molecule has 0 saturated heterocycles. The molecule has 0 atom stereocenters. The van der Waals surface area contributed by atoms with Gasteiger partial charge in [-0.05, 0) is 22.6 Å². The Kier molecular flexibility index (Phi) is 3.97. The molecule has 0 spiro atoms. The summed E-state index contributed by atoms with van der Waals surface area (Å²) >= 11 is 1.98. The van der Waals surface area contributed by atoms with Crippen molar-refractivity contribution in [2.24, 2.45) is 15.9 Å². The fourth-order valence-corrected chi connectivity index (χ4v) is 0.418. The van der Waals surface area contributed by atoms with Gasteiger partial charge in [0.05, 0.1) is 6.21 Å². The number of nitrogens with two attached hydrogens (primary N) is 1. The first-order valence-corrected chi connectivity index (χ1v) is 2.74. The predicted octanol–water partition coefficient (Wildman–Crippen LogP) is 0.394. The minimum atomic E-state index is 0.708. The molecule has 0 aliphatic heterocycles. The van der Waals surface area contributed by atoms with Crippen LogP contribution in [0.1, 0.15) is 0 Å². The number of rotatable bonds is 1. The fraction of sp³-hybridized carbons (Fsp3) is 0.333. The lowest BCUT2D eigenvalue weighted by atomic mass is 10.8. The zero-order chi connectivity index (χ0) is 5.70. The third kappa shape index (κ3) is 3.71. The summed E-state index contributed by atoms with van der Waals surface area (Å²) in [5.41, 5.74) is 0. The largest absolute Gasteiger partial charge is 0.322 e. The Morgan fingerprint density at radius 1 is 1.86 bits per heavy atom. The Balaban J connectivity index is 3.58. The van der Waals surface area contributed by atoms with Gasteiger partial charge in [0.1, 0.15) is 3.72 Å². The summed E-state index contributed by atoms with van der Waals surface area (Å²) in [4.78, 5) is 3.66. The molecule has 0 saturated carbocycles. The minimum Gasteiger partial charge on any atom is -0.322 e. The van der Waals surface area contributed by atoms with E-state index < -0.39 is 0 Å². The third-order valence-electron chi connectivity index (χ3n) is 0.359. The minimum absolute atomic E-state index is 0.708. The van der Waals surface area contributed by atoms with Gasteiger partial charge in [0.25, 0.3) is 0 Å². The highest BCUT2D eigenvalue weighted by molar-refractivity contribution is 14.1.